The van der Waals surface area contributed by atoms with Gasteiger partial charge in [0.25, 0.3) is 0 Å². The number of hydrogen-bond acceptors (Lipinski definition) is 5. The number of hydrogen-bond donors (Lipinski definition) is 1. The molecule has 0 unspecified atom stereocenters. The maximum atomic E-state index is 13.4. The van der Waals surface area contributed by atoms with Gasteiger partial charge in [-0.05, 0) is 48.4 Å². The smallest absolute Gasteiger partial charge is 0.162 e. The minimum Gasteiger partial charge on any atom is -0.493 e. The van der Waals surface area contributed by atoms with E-state index in [1.807, 2.05) is 30.3 Å². The van der Waals surface area contributed by atoms with Crippen molar-refractivity contribution in [2.75, 3.05) is 26.1 Å². The molecule has 6 heteroatoms. The van der Waals surface area contributed by atoms with Gasteiger partial charge < -0.3 is 14.8 Å². The van der Waals surface area contributed by atoms with Crippen LogP contribution in [0.4, 0.5) is 10.2 Å². The van der Waals surface area contributed by atoms with Crippen molar-refractivity contribution in [3.63, 3.8) is 0 Å². The molecule has 0 spiro atoms. The van der Waals surface area contributed by atoms with Crippen molar-refractivity contribution in [2.24, 2.45) is 0 Å². The number of rotatable bonds is 6. The molecule has 0 fully saturated rings. The Bertz CT molecular complexity index is 1150. The van der Waals surface area contributed by atoms with E-state index in [-0.39, 0.29) is 5.82 Å². The lowest BCUT2D eigenvalue weighted by Gasteiger charge is -2.14. The summed E-state index contributed by atoms with van der Waals surface area (Å²) >= 11 is 0. The number of anilines is 1. The molecule has 0 amide bonds. The zero-order valence-electron chi connectivity index (χ0n) is 15.7. The molecule has 0 saturated heterocycles. The Morgan fingerprint density at radius 3 is 2.46 bits per heavy atom. The first-order valence-corrected chi connectivity index (χ1v) is 8.98. The van der Waals surface area contributed by atoms with Gasteiger partial charge in [-0.1, -0.05) is 12.1 Å². The summed E-state index contributed by atoms with van der Waals surface area (Å²) in [7, 11) is 3.22. The number of methoxy groups -OCH3 is 2. The summed E-state index contributed by atoms with van der Waals surface area (Å²) in [4.78, 5) is 9.09. The van der Waals surface area contributed by atoms with Crippen LogP contribution in [0.15, 0.2) is 54.7 Å². The van der Waals surface area contributed by atoms with Gasteiger partial charge in [-0.2, -0.15) is 0 Å². The molecule has 0 aliphatic rings. The minimum absolute atomic E-state index is 0.229. The zero-order chi connectivity index (χ0) is 19.5. The third-order valence-electron chi connectivity index (χ3n) is 4.67. The first kappa shape index (κ1) is 18.0. The number of nitrogens with zero attached hydrogens (tertiary/aromatic N) is 2. The number of halogens is 1. The van der Waals surface area contributed by atoms with E-state index in [1.165, 1.54) is 6.07 Å². The second-order valence-corrected chi connectivity index (χ2v) is 6.39. The van der Waals surface area contributed by atoms with Crippen LogP contribution in [0.2, 0.25) is 0 Å². The van der Waals surface area contributed by atoms with E-state index in [2.05, 4.69) is 10.3 Å². The van der Waals surface area contributed by atoms with Crippen LogP contribution in [0.25, 0.3) is 21.8 Å². The number of nitrogens with one attached hydrogen (secondary N) is 1. The van der Waals surface area contributed by atoms with E-state index >= 15 is 0 Å². The second-order valence-electron chi connectivity index (χ2n) is 6.39. The van der Waals surface area contributed by atoms with E-state index in [1.54, 1.807) is 32.5 Å². The van der Waals surface area contributed by atoms with Crippen molar-refractivity contribution >= 4 is 27.6 Å². The van der Waals surface area contributed by atoms with Crippen molar-refractivity contribution in [3.8, 4) is 11.5 Å². The molecule has 28 heavy (non-hydrogen) atoms. The molecule has 0 aliphatic carbocycles. The molecule has 0 aliphatic heterocycles. The lowest BCUT2D eigenvalue weighted by molar-refractivity contribution is 0.356. The summed E-state index contributed by atoms with van der Waals surface area (Å²) in [6.45, 7) is 0.609. The highest BCUT2D eigenvalue weighted by Crippen LogP contribution is 2.37. The lowest BCUT2D eigenvalue weighted by atomic mass is 10.1. The second kappa shape index (κ2) is 7.68. The van der Waals surface area contributed by atoms with Crippen molar-refractivity contribution in [1.82, 2.24) is 9.97 Å². The monoisotopic (exact) mass is 377 g/mol. The van der Waals surface area contributed by atoms with Crippen LogP contribution in [0.3, 0.4) is 0 Å². The first-order chi connectivity index (χ1) is 13.7. The molecule has 0 atom stereocenters. The van der Waals surface area contributed by atoms with Gasteiger partial charge in [0.1, 0.15) is 11.6 Å². The van der Waals surface area contributed by atoms with Gasteiger partial charge in [-0.15, -0.1) is 0 Å². The summed E-state index contributed by atoms with van der Waals surface area (Å²) in [6.07, 6.45) is 2.40. The molecular weight excluding hydrogens is 357 g/mol. The van der Waals surface area contributed by atoms with Crippen molar-refractivity contribution < 1.29 is 13.9 Å². The van der Waals surface area contributed by atoms with Gasteiger partial charge in [0.15, 0.2) is 17.1 Å². The fraction of sp³-hybridized carbons (Fsp3) is 0.182. The summed E-state index contributed by atoms with van der Waals surface area (Å²) in [5.74, 6) is 1.76. The summed E-state index contributed by atoms with van der Waals surface area (Å²) in [5.41, 5.74) is 1.57. The van der Waals surface area contributed by atoms with Gasteiger partial charge in [-0.3, -0.25) is 0 Å². The predicted molar refractivity (Wildman–Crippen MR) is 109 cm³/mol. The normalized spacial score (nSPS) is 11.0. The van der Waals surface area contributed by atoms with Crippen LogP contribution in [0.1, 0.15) is 5.56 Å². The van der Waals surface area contributed by atoms with E-state index in [0.717, 1.165) is 21.7 Å². The molecule has 2 heterocycles. The zero-order valence-corrected chi connectivity index (χ0v) is 15.7. The van der Waals surface area contributed by atoms with Gasteiger partial charge in [0, 0.05) is 28.9 Å². The van der Waals surface area contributed by atoms with Crippen molar-refractivity contribution in [1.29, 1.82) is 0 Å². The molecule has 0 saturated carbocycles. The Balaban J connectivity index is 1.75. The van der Waals surface area contributed by atoms with Crippen LogP contribution < -0.4 is 14.8 Å². The highest BCUT2D eigenvalue weighted by atomic mass is 19.1. The largest absolute Gasteiger partial charge is 0.493 e. The van der Waals surface area contributed by atoms with Crippen LogP contribution in [-0.2, 0) is 6.42 Å². The molecule has 4 aromatic rings. The summed E-state index contributed by atoms with van der Waals surface area (Å²) < 4.78 is 24.3. The molecule has 0 radical (unpaired) electrons. The fourth-order valence-electron chi connectivity index (χ4n) is 3.31. The number of pyridine rings is 2. The molecule has 2 aromatic heterocycles. The lowest BCUT2D eigenvalue weighted by Crippen LogP contribution is -2.07. The predicted octanol–water partition coefficient (Wildman–Crippen LogP) is 4.59. The van der Waals surface area contributed by atoms with Crippen molar-refractivity contribution in [3.05, 3.63) is 66.1 Å². The Labute approximate surface area is 162 Å². The molecule has 142 valence electrons. The quantitative estimate of drug-likeness (QED) is 0.498. The molecule has 5 nitrogen and oxygen atoms in total. The molecular formula is C22H20FN3O2. The third-order valence-corrected chi connectivity index (χ3v) is 4.67. The summed E-state index contributed by atoms with van der Waals surface area (Å²) in [5, 5.41) is 6.20. The molecule has 0 bridgehead atoms. The van der Waals surface area contributed by atoms with Crippen LogP contribution in [0, 0.1) is 5.82 Å². The van der Waals surface area contributed by atoms with Gasteiger partial charge >= 0.3 is 0 Å². The van der Waals surface area contributed by atoms with E-state index in [0.29, 0.717) is 35.9 Å². The number of benzene rings is 2. The Hall–Kier alpha value is -3.41. The van der Waals surface area contributed by atoms with Crippen LogP contribution >= 0.6 is 0 Å². The fourth-order valence-corrected chi connectivity index (χ4v) is 3.31. The average Bonchev–Trinajstić information content (AvgIpc) is 2.72. The number of fused-ring (bicyclic) bond motifs is 3. The minimum atomic E-state index is -0.229. The van der Waals surface area contributed by atoms with E-state index < -0.39 is 0 Å². The Morgan fingerprint density at radius 1 is 0.929 bits per heavy atom. The SMILES string of the molecule is COc1cc2c(NCCc3cccc(F)c3)nc3ncccc3c2cc1OC. The van der Waals surface area contributed by atoms with Gasteiger partial charge in [0.05, 0.1) is 14.2 Å². The molecule has 2 aromatic carbocycles. The standard InChI is InChI=1S/C22H20FN3O2/c1-27-19-12-17-16-7-4-9-24-21(16)26-22(18(17)13-20(19)28-2)25-10-8-14-5-3-6-15(23)11-14/h3-7,9,11-13H,8,10H2,1-2H3,(H,24,25,26). The first-order valence-electron chi connectivity index (χ1n) is 8.98. The highest BCUT2D eigenvalue weighted by molar-refractivity contribution is 6.10. The van der Waals surface area contributed by atoms with Gasteiger partial charge in [0.2, 0.25) is 0 Å². The van der Waals surface area contributed by atoms with Gasteiger partial charge in [-0.25, -0.2) is 14.4 Å². The number of ether oxygens (including phenoxy) is 2. The van der Waals surface area contributed by atoms with E-state index in [4.69, 9.17) is 14.5 Å². The Kier molecular flexibility index (Phi) is 4.93. The topological polar surface area (TPSA) is 56.3 Å². The average molecular weight is 377 g/mol. The maximum absolute atomic E-state index is 13.4. The van der Waals surface area contributed by atoms with Crippen LogP contribution in [-0.4, -0.2) is 30.7 Å². The van der Waals surface area contributed by atoms with Crippen LogP contribution in [0.5, 0.6) is 11.5 Å². The highest BCUT2D eigenvalue weighted by Gasteiger charge is 2.14. The molecule has 4 rings (SSSR count). The van der Waals surface area contributed by atoms with Crippen molar-refractivity contribution in [2.45, 2.75) is 6.42 Å². The maximum Gasteiger partial charge on any atom is 0.162 e. The number of aromatic nitrogens is 2. The Morgan fingerprint density at radius 2 is 1.71 bits per heavy atom. The summed E-state index contributed by atoms with van der Waals surface area (Å²) in [6, 6.07) is 14.3. The van der Waals surface area contributed by atoms with E-state index in [9.17, 15) is 4.39 Å². The third kappa shape index (κ3) is 3.41. The molecule has 1 N–H and O–H groups in total.